The molecule has 0 spiro atoms. The minimum atomic E-state index is -2.83. The van der Waals surface area contributed by atoms with E-state index >= 15 is 0 Å². The van der Waals surface area contributed by atoms with Gasteiger partial charge in [-0.2, -0.15) is 5.10 Å². The summed E-state index contributed by atoms with van der Waals surface area (Å²) in [6.07, 6.45) is 8.66. The Kier molecular flexibility index (Phi) is 4.60. The van der Waals surface area contributed by atoms with Crippen LogP contribution in [-0.2, 0) is 16.3 Å². The third kappa shape index (κ3) is 3.62. The highest BCUT2D eigenvalue weighted by molar-refractivity contribution is 7.91. The van der Waals surface area contributed by atoms with Gasteiger partial charge < -0.3 is 0 Å². The van der Waals surface area contributed by atoms with Gasteiger partial charge in [-0.1, -0.05) is 12.8 Å². The van der Waals surface area contributed by atoms with E-state index in [-0.39, 0.29) is 11.8 Å². The fraction of sp³-hybridized carbons (Fsp3) is 0.800. The summed E-state index contributed by atoms with van der Waals surface area (Å²) in [7, 11) is -2.83. The lowest BCUT2D eigenvalue weighted by molar-refractivity contribution is 0.389. The summed E-state index contributed by atoms with van der Waals surface area (Å²) >= 11 is 6.10. The van der Waals surface area contributed by atoms with Crippen molar-refractivity contribution in [3.8, 4) is 0 Å². The van der Waals surface area contributed by atoms with E-state index in [0.717, 1.165) is 18.5 Å². The number of hydrogen-bond acceptors (Lipinski definition) is 3. The summed E-state index contributed by atoms with van der Waals surface area (Å²) < 4.78 is 25.4. The number of halogens is 1. The summed E-state index contributed by atoms with van der Waals surface area (Å²) in [5, 5.41) is 4.70. The molecule has 2 heterocycles. The van der Waals surface area contributed by atoms with Crippen molar-refractivity contribution in [2.24, 2.45) is 11.8 Å². The van der Waals surface area contributed by atoms with Gasteiger partial charge in [-0.3, -0.25) is 4.68 Å². The van der Waals surface area contributed by atoms with E-state index in [1.165, 1.54) is 25.7 Å². The predicted octanol–water partition coefficient (Wildman–Crippen LogP) is 2.83. The molecule has 0 aromatic carbocycles. The topological polar surface area (TPSA) is 52.0 Å². The van der Waals surface area contributed by atoms with Crippen molar-refractivity contribution < 1.29 is 8.42 Å². The van der Waals surface area contributed by atoms with E-state index in [9.17, 15) is 8.42 Å². The van der Waals surface area contributed by atoms with Crippen LogP contribution in [0.4, 0.5) is 0 Å². The number of aromatic nitrogens is 2. The van der Waals surface area contributed by atoms with Gasteiger partial charge in [0.15, 0.2) is 9.84 Å². The number of hydrogen-bond donors (Lipinski definition) is 0. The molecule has 0 amide bonds. The van der Waals surface area contributed by atoms with Crippen molar-refractivity contribution in [1.82, 2.24) is 9.78 Å². The van der Waals surface area contributed by atoms with Crippen LogP contribution in [0.3, 0.4) is 0 Å². The standard InChI is InChI=1S/C15H23ClN2O2S/c16-10-13(12-6-8-21(19,20)11-12)9-14-5-7-18(17-14)15-3-1-2-4-15/h5,7,12-13,15H,1-4,6,8-11H2. The number of nitrogens with zero attached hydrogens (tertiary/aromatic N) is 2. The normalized spacial score (nSPS) is 27.2. The third-order valence-corrected chi connectivity index (χ3v) is 7.16. The van der Waals surface area contributed by atoms with Gasteiger partial charge >= 0.3 is 0 Å². The summed E-state index contributed by atoms with van der Waals surface area (Å²) in [6.45, 7) is 0. The molecular formula is C15H23ClN2O2S. The van der Waals surface area contributed by atoms with Crippen molar-refractivity contribution in [2.45, 2.75) is 44.6 Å². The first kappa shape index (κ1) is 15.3. The molecule has 2 atom stereocenters. The number of sulfone groups is 1. The van der Waals surface area contributed by atoms with Gasteiger partial charge in [0, 0.05) is 12.1 Å². The maximum absolute atomic E-state index is 11.6. The monoisotopic (exact) mass is 330 g/mol. The molecule has 1 aliphatic heterocycles. The summed E-state index contributed by atoms with van der Waals surface area (Å²) in [5.74, 6) is 1.55. The Morgan fingerprint density at radius 1 is 1.33 bits per heavy atom. The molecule has 1 aromatic heterocycles. The van der Waals surface area contributed by atoms with Crippen LogP contribution in [0.15, 0.2) is 12.3 Å². The molecular weight excluding hydrogens is 308 g/mol. The molecule has 2 aliphatic rings. The van der Waals surface area contributed by atoms with Gasteiger partial charge in [0.25, 0.3) is 0 Å². The van der Waals surface area contributed by atoms with E-state index in [0.29, 0.717) is 23.4 Å². The van der Waals surface area contributed by atoms with Gasteiger partial charge in [0.2, 0.25) is 0 Å². The average Bonchev–Trinajstić information content (AvgIpc) is 3.15. The van der Waals surface area contributed by atoms with Crippen LogP contribution in [0.25, 0.3) is 0 Å². The molecule has 2 fully saturated rings. The predicted molar refractivity (Wildman–Crippen MR) is 84.4 cm³/mol. The minimum absolute atomic E-state index is 0.198. The maximum atomic E-state index is 11.6. The van der Waals surface area contributed by atoms with Crippen molar-refractivity contribution in [3.05, 3.63) is 18.0 Å². The third-order valence-electron chi connectivity index (χ3n) is 4.97. The van der Waals surface area contributed by atoms with Crippen LogP contribution < -0.4 is 0 Å². The summed E-state index contributed by atoms with van der Waals surface area (Å²) in [6, 6.07) is 2.63. The zero-order valence-electron chi connectivity index (χ0n) is 12.2. The molecule has 0 radical (unpaired) electrons. The van der Waals surface area contributed by atoms with E-state index in [1.54, 1.807) is 0 Å². The van der Waals surface area contributed by atoms with Crippen molar-refractivity contribution in [1.29, 1.82) is 0 Å². The first-order valence-corrected chi connectivity index (χ1v) is 10.2. The van der Waals surface area contributed by atoms with Gasteiger partial charge in [0.1, 0.15) is 0 Å². The van der Waals surface area contributed by atoms with Gasteiger partial charge in [-0.25, -0.2) is 8.42 Å². The van der Waals surface area contributed by atoms with E-state index in [2.05, 4.69) is 16.9 Å². The molecule has 1 aromatic rings. The molecule has 118 valence electrons. The average molecular weight is 331 g/mol. The smallest absolute Gasteiger partial charge is 0.150 e. The lowest BCUT2D eigenvalue weighted by Crippen LogP contribution is -2.20. The molecule has 6 heteroatoms. The second-order valence-electron chi connectivity index (χ2n) is 6.51. The second-order valence-corrected chi connectivity index (χ2v) is 9.04. The van der Waals surface area contributed by atoms with E-state index in [1.807, 2.05) is 0 Å². The molecule has 1 saturated carbocycles. The first-order valence-electron chi connectivity index (χ1n) is 7.88. The SMILES string of the molecule is O=S1(=O)CCC(C(CCl)Cc2ccn(C3CCCC3)n2)C1. The highest BCUT2D eigenvalue weighted by atomic mass is 35.5. The van der Waals surface area contributed by atoms with Crippen LogP contribution in [0, 0.1) is 11.8 Å². The Bertz CT molecular complexity index is 578. The maximum Gasteiger partial charge on any atom is 0.150 e. The van der Waals surface area contributed by atoms with Gasteiger partial charge in [-0.15, -0.1) is 11.6 Å². The number of rotatable bonds is 5. The molecule has 4 nitrogen and oxygen atoms in total. The van der Waals surface area contributed by atoms with Crippen LogP contribution in [-0.4, -0.2) is 35.6 Å². The minimum Gasteiger partial charge on any atom is -0.269 e. The van der Waals surface area contributed by atoms with Crippen molar-refractivity contribution in [2.75, 3.05) is 17.4 Å². The Morgan fingerprint density at radius 2 is 2.10 bits per heavy atom. The first-order chi connectivity index (χ1) is 10.1. The molecule has 3 rings (SSSR count). The van der Waals surface area contributed by atoms with E-state index in [4.69, 9.17) is 16.7 Å². The molecule has 2 unspecified atom stereocenters. The Hall–Kier alpha value is -0.550. The molecule has 0 bridgehead atoms. The Labute approximate surface area is 131 Å². The van der Waals surface area contributed by atoms with Crippen LogP contribution in [0.5, 0.6) is 0 Å². The lowest BCUT2D eigenvalue weighted by Gasteiger charge is -2.18. The fourth-order valence-electron chi connectivity index (χ4n) is 3.67. The van der Waals surface area contributed by atoms with Crippen molar-refractivity contribution in [3.63, 3.8) is 0 Å². The van der Waals surface area contributed by atoms with Crippen molar-refractivity contribution >= 4 is 21.4 Å². The summed E-state index contributed by atoms with van der Waals surface area (Å²) in [4.78, 5) is 0. The molecule has 1 aliphatic carbocycles. The molecule has 21 heavy (non-hydrogen) atoms. The Balaban J connectivity index is 1.64. The quantitative estimate of drug-likeness (QED) is 0.780. The second kappa shape index (κ2) is 6.29. The fourth-order valence-corrected chi connectivity index (χ4v) is 5.95. The highest BCUT2D eigenvalue weighted by Gasteiger charge is 2.33. The van der Waals surface area contributed by atoms with Crippen LogP contribution in [0.2, 0.25) is 0 Å². The molecule has 1 saturated heterocycles. The zero-order chi connectivity index (χ0) is 14.9. The largest absolute Gasteiger partial charge is 0.269 e. The van der Waals surface area contributed by atoms with Gasteiger partial charge in [-0.05, 0) is 43.6 Å². The van der Waals surface area contributed by atoms with Gasteiger partial charge in [0.05, 0.1) is 23.2 Å². The highest BCUT2D eigenvalue weighted by Crippen LogP contribution is 2.31. The number of alkyl halides is 1. The zero-order valence-corrected chi connectivity index (χ0v) is 13.8. The van der Waals surface area contributed by atoms with E-state index < -0.39 is 9.84 Å². The summed E-state index contributed by atoms with van der Waals surface area (Å²) in [5.41, 5.74) is 1.05. The van der Waals surface area contributed by atoms with Crippen LogP contribution >= 0.6 is 11.6 Å². The Morgan fingerprint density at radius 3 is 2.71 bits per heavy atom. The lowest BCUT2D eigenvalue weighted by atomic mass is 9.89. The van der Waals surface area contributed by atoms with Crippen LogP contribution in [0.1, 0.15) is 43.8 Å². The molecule has 0 N–H and O–H groups in total.